The number of nitrogens with zero attached hydrogens (tertiary/aromatic N) is 1. The Balaban J connectivity index is 1.67. The predicted molar refractivity (Wildman–Crippen MR) is 91.5 cm³/mol. The lowest BCUT2D eigenvalue weighted by Gasteiger charge is -2.06. The Kier molecular flexibility index (Phi) is 4.72. The number of fused-ring (bicyclic) bond motifs is 1. The van der Waals surface area contributed by atoms with E-state index in [1.807, 2.05) is 6.07 Å². The molecule has 1 aliphatic rings. The van der Waals surface area contributed by atoms with Crippen LogP contribution >= 0.6 is 0 Å². The van der Waals surface area contributed by atoms with E-state index in [1.165, 1.54) is 6.20 Å². The summed E-state index contributed by atoms with van der Waals surface area (Å²) < 4.78 is 15.6. The van der Waals surface area contributed by atoms with Gasteiger partial charge in [-0.05, 0) is 36.4 Å². The number of benzene rings is 2. The molecule has 0 bridgehead atoms. The quantitative estimate of drug-likeness (QED) is 0.644. The van der Waals surface area contributed by atoms with Crippen LogP contribution in [0.3, 0.4) is 0 Å². The molecule has 0 fully saturated rings. The summed E-state index contributed by atoms with van der Waals surface area (Å²) in [5.74, 6) is 1.44. The average Bonchev–Trinajstić information content (AvgIpc) is 3.10. The predicted octanol–water partition coefficient (Wildman–Crippen LogP) is 2.88. The van der Waals surface area contributed by atoms with Crippen LogP contribution in [0.4, 0.5) is 11.4 Å². The smallest absolute Gasteiger partial charge is 0.267 e. The molecule has 1 amide bonds. The van der Waals surface area contributed by atoms with Gasteiger partial charge in [0.05, 0.1) is 7.11 Å². The van der Waals surface area contributed by atoms with Gasteiger partial charge >= 0.3 is 0 Å². The van der Waals surface area contributed by atoms with Crippen LogP contribution in [-0.4, -0.2) is 19.8 Å². The van der Waals surface area contributed by atoms with Crippen molar-refractivity contribution in [3.63, 3.8) is 0 Å². The summed E-state index contributed by atoms with van der Waals surface area (Å²) >= 11 is 0. The third kappa shape index (κ3) is 3.82. The number of hydrogen-bond donors (Lipinski definition) is 2. The molecule has 3 rings (SSSR count). The van der Waals surface area contributed by atoms with Gasteiger partial charge in [-0.1, -0.05) is 0 Å². The minimum Gasteiger partial charge on any atom is -0.497 e. The van der Waals surface area contributed by atoms with Gasteiger partial charge in [0.25, 0.3) is 5.91 Å². The van der Waals surface area contributed by atoms with E-state index in [9.17, 15) is 10.1 Å². The molecule has 126 valence electrons. The van der Waals surface area contributed by atoms with Gasteiger partial charge in [0.2, 0.25) is 6.79 Å². The van der Waals surface area contributed by atoms with Crippen molar-refractivity contribution >= 4 is 17.3 Å². The van der Waals surface area contributed by atoms with Crippen LogP contribution in [-0.2, 0) is 4.79 Å². The maximum Gasteiger partial charge on any atom is 0.267 e. The van der Waals surface area contributed by atoms with Gasteiger partial charge < -0.3 is 24.8 Å². The first kappa shape index (κ1) is 16.2. The number of carbonyl (C=O) groups excluding carboxylic acids is 1. The van der Waals surface area contributed by atoms with Crippen LogP contribution in [0.1, 0.15) is 0 Å². The van der Waals surface area contributed by atoms with Crippen LogP contribution in [0, 0.1) is 11.3 Å². The number of rotatable bonds is 5. The Morgan fingerprint density at radius 2 is 1.88 bits per heavy atom. The highest BCUT2D eigenvalue weighted by Crippen LogP contribution is 2.34. The minimum atomic E-state index is -0.513. The molecule has 1 heterocycles. The molecule has 2 N–H and O–H groups in total. The Bertz CT molecular complexity index is 854. The molecule has 0 radical (unpaired) electrons. The number of methoxy groups -OCH3 is 1. The monoisotopic (exact) mass is 337 g/mol. The fraction of sp³-hybridized carbons (Fsp3) is 0.111. The highest BCUT2D eigenvalue weighted by Gasteiger charge is 2.13. The van der Waals surface area contributed by atoms with Gasteiger partial charge in [-0.2, -0.15) is 5.26 Å². The molecule has 2 aromatic carbocycles. The average molecular weight is 337 g/mol. The Morgan fingerprint density at radius 1 is 1.16 bits per heavy atom. The second-order valence-corrected chi connectivity index (χ2v) is 5.06. The van der Waals surface area contributed by atoms with Gasteiger partial charge in [0.15, 0.2) is 11.5 Å². The molecule has 0 aromatic heterocycles. The van der Waals surface area contributed by atoms with E-state index in [0.29, 0.717) is 28.6 Å². The number of anilines is 2. The van der Waals surface area contributed by atoms with Crippen LogP contribution in [0.25, 0.3) is 0 Å². The molecule has 0 unspecified atom stereocenters. The first-order valence-corrected chi connectivity index (χ1v) is 7.41. The van der Waals surface area contributed by atoms with E-state index in [2.05, 4.69) is 10.6 Å². The van der Waals surface area contributed by atoms with E-state index in [-0.39, 0.29) is 12.4 Å². The molecule has 1 aliphatic heterocycles. The fourth-order valence-electron chi connectivity index (χ4n) is 2.16. The van der Waals surface area contributed by atoms with E-state index in [0.717, 1.165) is 0 Å². The summed E-state index contributed by atoms with van der Waals surface area (Å²) in [5.41, 5.74) is 1.18. The van der Waals surface area contributed by atoms with Crippen LogP contribution in [0.15, 0.2) is 54.2 Å². The van der Waals surface area contributed by atoms with Crippen molar-refractivity contribution < 1.29 is 19.0 Å². The zero-order valence-corrected chi connectivity index (χ0v) is 13.4. The number of ether oxygens (including phenoxy) is 3. The Hall–Kier alpha value is -3.66. The number of hydrogen-bond acceptors (Lipinski definition) is 6. The largest absolute Gasteiger partial charge is 0.497 e. The fourth-order valence-corrected chi connectivity index (χ4v) is 2.16. The lowest BCUT2D eigenvalue weighted by molar-refractivity contribution is -0.112. The Labute approximate surface area is 144 Å². The van der Waals surface area contributed by atoms with Crippen molar-refractivity contribution in [2.75, 3.05) is 24.5 Å². The highest BCUT2D eigenvalue weighted by atomic mass is 16.7. The number of carbonyl (C=O) groups is 1. The van der Waals surface area contributed by atoms with Crippen molar-refractivity contribution in [1.82, 2.24) is 0 Å². The van der Waals surface area contributed by atoms with Crippen LogP contribution < -0.4 is 24.8 Å². The molecule has 25 heavy (non-hydrogen) atoms. The van der Waals surface area contributed by atoms with Crippen LogP contribution in [0.2, 0.25) is 0 Å². The standard InChI is InChI=1S/C18H15N3O4/c1-23-15-5-2-13(3-6-15)21-18(22)12(9-19)10-20-14-4-7-16-17(8-14)25-11-24-16/h2-8,10,20H,11H2,1H3,(H,21,22)/b12-10-. The molecular formula is C18H15N3O4. The SMILES string of the molecule is COc1ccc(NC(=O)/C(C#N)=C\Nc2ccc3c(c2)OCO3)cc1. The van der Waals surface area contributed by atoms with Crippen molar-refractivity contribution in [3.05, 3.63) is 54.2 Å². The van der Waals surface area contributed by atoms with E-state index in [1.54, 1.807) is 49.6 Å². The third-order valence-electron chi connectivity index (χ3n) is 3.47. The van der Waals surface area contributed by atoms with Crippen molar-refractivity contribution in [3.8, 4) is 23.3 Å². The van der Waals surface area contributed by atoms with E-state index in [4.69, 9.17) is 14.2 Å². The van der Waals surface area contributed by atoms with Gasteiger partial charge in [0.1, 0.15) is 17.4 Å². The molecule has 0 aliphatic carbocycles. The van der Waals surface area contributed by atoms with Gasteiger partial charge in [-0.3, -0.25) is 4.79 Å². The number of nitrogens with one attached hydrogen (secondary N) is 2. The summed E-state index contributed by atoms with van der Waals surface area (Å²) in [6.07, 6.45) is 1.34. The van der Waals surface area contributed by atoms with E-state index < -0.39 is 5.91 Å². The molecule has 7 heteroatoms. The molecule has 2 aromatic rings. The number of nitriles is 1. The molecule has 0 saturated heterocycles. The van der Waals surface area contributed by atoms with E-state index >= 15 is 0 Å². The minimum absolute atomic E-state index is 0.0616. The zero-order chi connectivity index (χ0) is 17.6. The Morgan fingerprint density at radius 3 is 2.60 bits per heavy atom. The van der Waals surface area contributed by atoms with Crippen molar-refractivity contribution in [2.45, 2.75) is 0 Å². The molecule has 0 spiro atoms. The highest BCUT2D eigenvalue weighted by molar-refractivity contribution is 6.06. The normalized spacial score (nSPS) is 12.2. The number of amides is 1. The van der Waals surface area contributed by atoms with Gasteiger partial charge in [-0.25, -0.2) is 0 Å². The topological polar surface area (TPSA) is 92.6 Å². The summed E-state index contributed by atoms with van der Waals surface area (Å²) in [6.45, 7) is 0.183. The summed E-state index contributed by atoms with van der Waals surface area (Å²) in [5, 5.41) is 14.8. The zero-order valence-electron chi connectivity index (χ0n) is 13.4. The molecular weight excluding hydrogens is 322 g/mol. The maximum absolute atomic E-state index is 12.2. The maximum atomic E-state index is 12.2. The summed E-state index contributed by atoms with van der Waals surface area (Å²) in [4.78, 5) is 12.2. The molecule has 7 nitrogen and oxygen atoms in total. The molecule has 0 atom stereocenters. The first-order valence-electron chi connectivity index (χ1n) is 7.41. The summed E-state index contributed by atoms with van der Waals surface area (Å²) in [7, 11) is 1.56. The van der Waals surface area contributed by atoms with Crippen LogP contribution in [0.5, 0.6) is 17.2 Å². The van der Waals surface area contributed by atoms with Crippen molar-refractivity contribution in [2.24, 2.45) is 0 Å². The second-order valence-electron chi connectivity index (χ2n) is 5.06. The molecule has 0 saturated carbocycles. The summed E-state index contributed by atoms with van der Waals surface area (Å²) in [6, 6.07) is 13.9. The van der Waals surface area contributed by atoms with Crippen molar-refractivity contribution in [1.29, 1.82) is 5.26 Å². The van der Waals surface area contributed by atoms with Gasteiger partial charge in [-0.15, -0.1) is 0 Å². The lowest BCUT2D eigenvalue weighted by atomic mass is 10.2. The lowest BCUT2D eigenvalue weighted by Crippen LogP contribution is -2.14. The second kappa shape index (κ2) is 7.27. The van der Waals surface area contributed by atoms with Gasteiger partial charge in [0, 0.05) is 23.6 Å². The third-order valence-corrected chi connectivity index (χ3v) is 3.47. The first-order chi connectivity index (χ1) is 12.2.